The number of nitrogens with one attached hydrogen (secondary N) is 1. The van der Waals surface area contributed by atoms with Gasteiger partial charge in [-0.15, -0.1) is 0 Å². The Kier molecular flexibility index (Phi) is 4.01. The molecule has 0 radical (unpaired) electrons. The highest BCUT2D eigenvalue weighted by Crippen LogP contribution is 2.34. The number of halogens is 1. The first kappa shape index (κ1) is 14.2. The fraction of sp³-hybridized carbons (Fsp3) is 0.312. The van der Waals surface area contributed by atoms with Gasteiger partial charge in [-0.2, -0.15) is 0 Å². The Morgan fingerprint density at radius 1 is 1.38 bits per heavy atom. The summed E-state index contributed by atoms with van der Waals surface area (Å²) in [7, 11) is 1.65. The van der Waals surface area contributed by atoms with Crippen LogP contribution in [0.1, 0.15) is 16.8 Å². The maximum absolute atomic E-state index is 5.75. The smallest absolute Gasteiger partial charge is 0.160 e. The van der Waals surface area contributed by atoms with Crippen LogP contribution in [0.2, 0.25) is 0 Å². The molecule has 0 aliphatic carbocycles. The van der Waals surface area contributed by atoms with Gasteiger partial charge in [0.1, 0.15) is 5.75 Å². The lowest BCUT2D eigenvalue weighted by Crippen LogP contribution is -2.04. The van der Waals surface area contributed by atoms with Gasteiger partial charge in [0.2, 0.25) is 0 Å². The molecule has 5 heteroatoms. The minimum Gasteiger partial charge on any atom is -0.493 e. The maximum atomic E-state index is 5.75. The number of pyridine rings is 1. The van der Waals surface area contributed by atoms with Crippen molar-refractivity contribution in [2.24, 2.45) is 0 Å². The van der Waals surface area contributed by atoms with Crippen LogP contribution in [-0.2, 0) is 13.0 Å². The van der Waals surface area contributed by atoms with E-state index in [1.165, 1.54) is 5.56 Å². The van der Waals surface area contributed by atoms with Crippen LogP contribution in [0.15, 0.2) is 28.9 Å². The highest BCUT2D eigenvalue weighted by atomic mass is 79.9. The summed E-state index contributed by atoms with van der Waals surface area (Å²) in [5, 5.41) is 3.41. The molecule has 0 atom stereocenters. The Morgan fingerprint density at radius 3 is 3.05 bits per heavy atom. The van der Waals surface area contributed by atoms with E-state index in [-0.39, 0.29) is 0 Å². The van der Waals surface area contributed by atoms with Crippen molar-refractivity contribution in [1.82, 2.24) is 4.98 Å². The summed E-state index contributed by atoms with van der Waals surface area (Å²) in [5.74, 6) is 1.75. The maximum Gasteiger partial charge on any atom is 0.160 e. The van der Waals surface area contributed by atoms with Gasteiger partial charge in [0.05, 0.1) is 25.6 Å². The molecule has 110 valence electrons. The predicted molar refractivity (Wildman–Crippen MR) is 86.2 cm³/mol. The molecule has 4 nitrogen and oxygen atoms in total. The van der Waals surface area contributed by atoms with Crippen LogP contribution in [0, 0.1) is 6.92 Å². The first-order valence-corrected chi connectivity index (χ1v) is 7.65. The van der Waals surface area contributed by atoms with Crippen molar-refractivity contribution in [2.45, 2.75) is 19.9 Å². The minimum absolute atomic E-state index is 0.682. The highest BCUT2D eigenvalue weighted by molar-refractivity contribution is 9.10. The van der Waals surface area contributed by atoms with E-state index < -0.39 is 0 Å². The van der Waals surface area contributed by atoms with Crippen molar-refractivity contribution in [3.8, 4) is 11.5 Å². The minimum atomic E-state index is 0.682. The molecule has 21 heavy (non-hydrogen) atoms. The third-order valence-corrected chi connectivity index (χ3v) is 3.98. The van der Waals surface area contributed by atoms with E-state index in [1.807, 2.05) is 13.0 Å². The number of rotatable bonds is 4. The quantitative estimate of drug-likeness (QED) is 0.914. The molecule has 1 aromatic carbocycles. The molecule has 1 aliphatic rings. The van der Waals surface area contributed by atoms with Gasteiger partial charge in [0, 0.05) is 28.7 Å². The van der Waals surface area contributed by atoms with E-state index in [1.54, 1.807) is 13.3 Å². The van der Waals surface area contributed by atoms with Crippen molar-refractivity contribution in [3.63, 3.8) is 0 Å². The molecule has 0 saturated heterocycles. The molecular weight excluding hydrogens is 332 g/mol. The van der Waals surface area contributed by atoms with Crippen LogP contribution in [-0.4, -0.2) is 18.7 Å². The second-order valence-corrected chi connectivity index (χ2v) is 5.95. The highest BCUT2D eigenvalue weighted by Gasteiger charge is 2.17. The fourth-order valence-electron chi connectivity index (χ4n) is 2.52. The Hall–Kier alpha value is -1.75. The fourth-order valence-corrected chi connectivity index (χ4v) is 3.07. The molecular formula is C16H17BrN2O2. The van der Waals surface area contributed by atoms with Crippen molar-refractivity contribution >= 4 is 21.6 Å². The number of aryl methyl sites for hydroxylation is 1. The van der Waals surface area contributed by atoms with Crippen LogP contribution in [0.25, 0.3) is 0 Å². The first-order chi connectivity index (χ1) is 10.2. The zero-order valence-electron chi connectivity index (χ0n) is 12.1. The summed E-state index contributed by atoms with van der Waals surface area (Å²) < 4.78 is 12.2. The number of nitrogens with zero attached hydrogens (tertiary/aromatic N) is 1. The summed E-state index contributed by atoms with van der Waals surface area (Å²) in [6.45, 7) is 3.41. The lowest BCUT2D eigenvalue weighted by molar-refractivity contribution is 0.353. The molecule has 0 unspecified atom stereocenters. The molecule has 2 heterocycles. The number of aromatic nitrogens is 1. The number of anilines is 1. The molecule has 1 aromatic heterocycles. The zero-order valence-corrected chi connectivity index (χ0v) is 13.7. The SMILES string of the molecule is COc1cnc(C)cc1NCc1cc(Br)cc2c1OCC2. The van der Waals surface area contributed by atoms with Gasteiger partial charge < -0.3 is 14.8 Å². The predicted octanol–water partition coefficient (Wildman–Crippen LogP) is 3.71. The van der Waals surface area contributed by atoms with Crippen LogP contribution >= 0.6 is 15.9 Å². The topological polar surface area (TPSA) is 43.4 Å². The van der Waals surface area contributed by atoms with Crippen molar-refractivity contribution < 1.29 is 9.47 Å². The van der Waals surface area contributed by atoms with Gasteiger partial charge in [0.15, 0.2) is 5.75 Å². The Bertz CT molecular complexity index is 674. The van der Waals surface area contributed by atoms with Crippen LogP contribution in [0.3, 0.4) is 0 Å². The standard InChI is InChI=1S/C16H17BrN2O2/c1-10-5-14(15(20-2)9-18-10)19-8-12-7-13(17)6-11-3-4-21-16(11)12/h5-7,9H,3-4,8H2,1-2H3,(H,18,19). The third kappa shape index (κ3) is 2.97. The number of fused-ring (bicyclic) bond motifs is 1. The third-order valence-electron chi connectivity index (χ3n) is 3.52. The van der Waals surface area contributed by atoms with E-state index in [0.717, 1.165) is 45.9 Å². The van der Waals surface area contributed by atoms with E-state index in [9.17, 15) is 0 Å². The first-order valence-electron chi connectivity index (χ1n) is 6.86. The normalized spacial score (nSPS) is 12.7. The van der Waals surface area contributed by atoms with E-state index in [2.05, 4.69) is 38.4 Å². The Balaban J connectivity index is 1.84. The lowest BCUT2D eigenvalue weighted by atomic mass is 10.1. The van der Waals surface area contributed by atoms with Crippen LogP contribution in [0.5, 0.6) is 11.5 Å². The molecule has 0 saturated carbocycles. The summed E-state index contributed by atoms with van der Waals surface area (Å²) in [5.41, 5.74) is 4.30. The van der Waals surface area contributed by atoms with Gasteiger partial charge in [-0.1, -0.05) is 15.9 Å². The number of ether oxygens (including phenoxy) is 2. The number of hydrogen-bond donors (Lipinski definition) is 1. The van der Waals surface area contributed by atoms with Crippen molar-refractivity contribution in [2.75, 3.05) is 19.0 Å². The molecule has 0 bridgehead atoms. The molecule has 0 spiro atoms. The molecule has 2 aromatic rings. The molecule has 0 fully saturated rings. The van der Waals surface area contributed by atoms with E-state index in [0.29, 0.717) is 6.54 Å². The van der Waals surface area contributed by atoms with Gasteiger partial charge in [-0.05, 0) is 30.7 Å². The van der Waals surface area contributed by atoms with Crippen LogP contribution in [0.4, 0.5) is 5.69 Å². The average Bonchev–Trinajstić information content (AvgIpc) is 2.93. The average molecular weight is 349 g/mol. The van der Waals surface area contributed by atoms with Gasteiger partial charge in [-0.3, -0.25) is 4.98 Å². The lowest BCUT2D eigenvalue weighted by Gasteiger charge is -2.14. The van der Waals surface area contributed by atoms with Crippen molar-refractivity contribution in [1.29, 1.82) is 0 Å². The number of hydrogen-bond acceptors (Lipinski definition) is 4. The summed E-state index contributed by atoms with van der Waals surface area (Å²) in [4.78, 5) is 4.24. The second kappa shape index (κ2) is 5.93. The molecule has 1 N–H and O–H groups in total. The van der Waals surface area contributed by atoms with Gasteiger partial charge in [0.25, 0.3) is 0 Å². The van der Waals surface area contributed by atoms with Gasteiger partial charge >= 0.3 is 0 Å². The zero-order chi connectivity index (χ0) is 14.8. The largest absolute Gasteiger partial charge is 0.493 e. The second-order valence-electron chi connectivity index (χ2n) is 5.03. The number of methoxy groups -OCH3 is 1. The molecule has 1 aliphatic heterocycles. The monoisotopic (exact) mass is 348 g/mol. The Morgan fingerprint density at radius 2 is 2.24 bits per heavy atom. The molecule has 0 amide bonds. The van der Waals surface area contributed by atoms with Gasteiger partial charge in [-0.25, -0.2) is 0 Å². The van der Waals surface area contributed by atoms with E-state index >= 15 is 0 Å². The van der Waals surface area contributed by atoms with Crippen molar-refractivity contribution in [3.05, 3.63) is 45.7 Å². The summed E-state index contributed by atoms with van der Waals surface area (Å²) in [6, 6.07) is 6.21. The van der Waals surface area contributed by atoms with Crippen LogP contribution < -0.4 is 14.8 Å². The number of benzene rings is 1. The summed E-state index contributed by atoms with van der Waals surface area (Å²) >= 11 is 3.56. The summed E-state index contributed by atoms with van der Waals surface area (Å²) in [6.07, 6.45) is 2.71. The Labute approximate surface area is 132 Å². The van der Waals surface area contributed by atoms with E-state index in [4.69, 9.17) is 9.47 Å². The molecule has 3 rings (SSSR count).